The van der Waals surface area contributed by atoms with E-state index in [0.29, 0.717) is 17.8 Å². The van der Waals surface area contributed by atoms with E-state index < -0.39 is 0 Å². The Kier molecular flexibility index (Phi) is 3.83. The Balaban J connectivity index is 1.31. The third-order valence-electron chi connectivity index (χ3n) is 5.37. The van der Waals surface area contributed by atoms with Crippen LogP contribution >= 0.6 is 0 Å². The maximum atomic E-state index is 6.13. The van der Waals surface area contributed by atoms with Crippen molar-refractivity contribution in [3.05, 3.63) is 47.9 Å². The molecule has 3 atom stereocenters. The Morgan fingerprint density at radius 3 is 2.92 bits per heavy atom. The number of ether oxygens (including phenoxy) is 1. The smallest absolute Gasteiger partial charge is 0.263 e. The first kappa shape index (κ1) is 15.7. The molecule has 0 aliphatic carbocycles. The normalized spacial score (nSPS) is 26.1. The summed E-state index contributed by atoms with van der Waals surface area (Å²) in [5, 5.41) is 8.44. The molecule has 5 rings (SSSR count). The van der Waals surface area contributed by atoms with Crippen molar-refractivity contribution in [2.75, 3.05) is 25.0 Å². The number of nitrogens with zero attached hydrogens (tertiary/aromatic N) is 4. The summed E-state index contributed by atoms with van der Waals surface area (Å²) < 4.78 is 11.4. The van der Waals surface area contributed by atoms with Gasteiger partial charge in [-0.25, -0.2) is 4.98 Å². The molecule has 0 bridgehead atoms. The largest absolute Gasteiger partial charge is 0.371 e. The number of hydrogen-bond acceptors (Lipinski definition) is 7. The van der Waals surface area contributed by atoms with Crippen LogP contribution < -0.4 is 5.32 Å². The lowest BCUT2D eigenvalue weighted by Crippen LogP contribution is -2.42. The summed E-state index contributed by atoms with van der Waals surface area (Å²) >= 11 is 0. The zero-order chi connectivity index (χ0) is 17.5. The minimum atomic E-state index is 0.150. The van der Waals surface area contributed by atoms with Crippen LogP contribution in [-0.4, -0.2) is 51.8 Å². The molecule has 26 heavy (non-hydrogen) atoms. The Labute approximate surface area is 151 Å². The van der Waals surface area contributed by atoms with E-state index in [9.17, 15) is 0 Å². The first-order chi connectivity index (χ1) is 12.8. The first-order valence-corrected chi connectivity index (χ1v) is 9.02. The predicted molar refractivity (Wildman–Crippen MR) is 96.9 cm³/mol. The minimum absolute atomic E-state index is 0.150. The zero-order valence-corrected chi connectivity index (χ0v) is 14.6. The molecule has 134 valence electrons. The minimum Gasteiger partial charge on any atom is -0.371 e. The van der Waals surface area contributed by atoms with Crippen LogP contribution in [0.5, 0.6) is 0 Å². The first-order valence-electron chi connectivity index (χ1n) is 9.02. The summed E-state index contributed by atoms with van der Waals surface area (Å²) in [6.45, 7) is 4.59. The highest BCUT2D eigenvalue weighted by molar-refractivity contribution is 5.87. The standard InChI is InChI=1S/C19H21N5O2/c1-12-17-18(20-11-21-19(17)26-23-12)22-14-7-15-10-25-16(9-24(15)8-14)13-5-3-2-4-6-13/h2-6,11,14-16H,7-10H2,1H3,(H,20,21,22)/t14-,15+,16-/m1/s1. The second kappa shape index (κ2) is 6.34. The monoisotopic (exact) mass is 351 g/mol. The van der Waals surface area contributed by atoms with Gasteiger partial charge in [-0.15, -0.1) is 0 Å². The summed E-state index contributed by atoms with van der Waals surface area (Å²) in [4.78, 5) is 11.1. The quantitative estimate of drug-likeness (QED) is 0.777. The molecule has 0 radical (unpaired) electrons. The fourth-order valence-electron chi connectivity index (χ4n) is 4.07. The van der Waals surface area contributed by atoms with Crippen molar-refractivity contribution in [2.24, 2.45) is 0 Å². The van der Waals surface area contributed by atoms with Crippen molar-refractivity contribution in [3.63, 3.8) is 0 Å². The third-order valence-corrected chi connectivity index (χ3v) is 5.37. The van der Waals surface area contributed by atoms with Crippen LogP contribution in [0, 0.1) is 6.92 Å². The van der Waals surface area contributed by atoms with Crippen LogP contribution in [0.15, 0.2) is 41.2 Å². The lowest BCUT2D eigenvalue weighted by Gasteiger charge is -2.35. The fourth-order valence-corrected chi connectivity index (χ4v) is 4.07. The van der Waals surface area contributed by atoms with Crippen molar-refractivity contribution in [1.29, 1.82) is 0 Å². The van der Waals surface area contributed by atoms with Gasteiger partial charge in [0.1, 0.15) is 17.5 Å². The molecule has 1 N–H and O–H groups in total. The van der Waals surface area contributed by atoms with Crippen LogP contribution in [-0.2, 0) is 4.74 Å². The summed E-state index contributed by atoms with van der Waals surface area (Å²) in [7, 11) is 0. The molecule has 0 amide bonds. The highest BCUT2D eigenvalue weighted by Crippen LogP contribution is 2.32. The molecule has 2 aliphatic rings. The van der Waals surface area contributed by atoms with Crippen LogP contribution in [0.2, 0.25) is 0 Å². The van der Waals surface area contributed by atoms with Gasteiger partial charge in [-0.05, 0) is 18.9 Å². The van der Waals surface area contributed by atoms with Crippen molar-refractivity contribution in [1.82, 2.24) is 20.0 Å². The molecular formula is C19H21N5O2. The van der Waals surface area contributed by atoms with Crippen LogP contribution in [0.25, 0.3) is 11.1 Å². The molecule has 4 heterocycles. The molecule has 2 aliphatic heterocycles. The van der Waals surface area contributed by atoms with Gasteiger partial charge < -0.3 is 14.6 Å². The molecule has 0 unspecified atom stereocenters. The second-order valence-electron chi connectivity index (χ2n) is 7.09. The highest BCUT2D eigenvalue weighted by Gasteiger charge is 2.38. The molecule has 2 fully saturated rings. The number of fused-ring (bicyclic) bond motifs is 2. The average Bonchev–Trinajstić information content (AvgIpc) is 3.25. The Bertz CT molecular complexity index is 913. The van der Waals surface area contributed by atoms with Gasteiger partial charge >= 0.3 is 0 Å². The van der Waals surface area contributed by atoms with E-state index in [1.54, 1.807) is 0 Å². The molecule has 2 saturated heterocycles. The number of hydrogen-bond donors (Lipinski definition) is 1. The Hall–Kier alpha value is -2.51. The predicted octanol–water partition coefficient (Wildman–Crippen LogP) is 2.55. The lowest BCUT2D eigenvalue weighted by atomic mass is 10.1. The number of nitrogens with one attached hydrogen (secondary N) is 1. The lowest BCUT2D eigenvalue weighted by molar-refractivity contribution is -0.0501. The molecule has 2 aromatic heterocycles. The van der Waals surface area contributed by atoms with Gasteiger partial charge in [0.2, 0.25) is 0 Å². The second-order valence-corrected chi connectivity index (χ2v) is 7.09. The van der Waals surface area contributed by atoms with E-state index in [4.69, 9.17) is 9.26 Å². The summed E-state index contributed by atoms with van der Waals surface area (Å²) in [6, 6.07) is 11.2. The molecular weight excluding hydrogens is 330 g/mol. The third kappa shape index (κ3) is 2.73. The van der Waals surface area contributed by atoms with E-state index in [-0.39, 0.29) is 6.10 Å². The van der Waals surface area contributed by atoms with Gasteiger partial charge in [0.15, 0.2) is 0 Å². The van der Waals surface area contributed by atoms with E-state index in [1.165, 1.54) is 11.9 Å². The summed E-state index contributed by atoms with van der Waals surface area (Å²) in [6.07, 6.45) is 2.71. The number of aryl methyl sites for hydroxylation is 1. The fraction of sp³-hybridized carbons (Fsp3) is 0.421. The van der Waals surface area contributed by atoms with Crippen LogP contribution in [0.1, 0.15) is 23.8 Å². The van der Waals surface area contributed by atoms with Gasteiger partial charge in [0.25, 0.3) is 5.71 Å². The molecule has 7 nitrogen and oxygen atoms in total. The summed E-state index contributed by atoms with van der Waals surface area (Å²) in [5.41, 5.74) is 2.59. The maximum Gasteiger partial charge on any atom is 0.263 e. The van der Waals surface area contributed by atoms with Crippen molar-refractivity contribution < 1.29 is 9.26 Å². The van der Waals surface area contributed by atoms with Crippen LogP contribution in [0.3, 0.4) is 0 Å². The van der Waals surface area contributed by atoms with Gasteiger partial charge in [0, 0.05) is 25.2 Å². The van der Waals surface area contributed by atoms with Crippen molar-refractivity contribution in [2.45, 2.75) is 31.5 Å². The van der Waals surface area contributed by atoms with E-state index >= 15 is 0 Å². The number of rotatable bonds is 3. The Morgan fingerprint density at radius 1 is 1.15 bits per heavy atom. The topological polar surface area (TPSA) is 76.3 Å². The van der Waals surface area contributed by atoms with E-state index in [1.807, 2.05) is 13.0 Å². The summed E-state index contributed by atoms with van der Waals surface area (Å²) in [5.74, 6) is 0.805. The highest BCUT2D eigenvalue weighted by atomic mass is 16.5. The van der Waals surface area contributed by atoms with E-state index in [2.05, 4.69) is 49.6 Å². The van der Waals surface area contributed by atoms with Crippen molar-refractivity contribution >= 4 is 16.9 Å². The molecule has 3 aromatic rings. The molecule has 1 aromatic carbocycles. The van der Waals surface area contributed by atoms with Gasteiger partial charge in [-0.3, -0.25) is 4.90 Å². The number of anilines is 1. The van der Waals surface area contributed by atoms with Gasteiger partial charge in [-0.1, -0.05) is 35.5 Å². The SMILES string of the molecule is Cc1noc2ncnc(N[C@@H]3C[C@H]4CO[C@@H](c5ccccc5)CN4C3)c12. The average molecular weight is 351 g/mol. The molecule has 0 saturated carbocycles. The van der Waals surface area contributed by atoms with Gasteiger partial charge in [-0.2, -0.15) is 4.98 Å². The maximum absolute atomic E-state index is 6.13. The van der Waals surface area contributed by atoms with Gasteiger partial charge in [0.05, 0.1) is 18.4 Å². The number of benzene rings is 1. The number of aromatic nitrogens is 3. The Morgan fingerprint density at radius 2 is 2.04 bits per heavy atom. The zero-order valence-electron chi connectivity index (χ0n) is 14.6. The van der Waals surface area contributed by atoms with E-state index in [0.717, 1.165) is 43.0 Å². The van der Waals surface area contributed by atoms with Crippen LogP contribution in [0.4, 0.5) is 5.82 Å². The number of morpholine rings is 1. The molecule has 0 spiro atoms. The molecule has 7 heteroatoms. The van der Waals surface area contributed by atoms with Crippen molar-refractivity contribution in [3.8, 4) is 0 Å².